The molecule has 0 aromatic heterocycles. The van der Waals surface area contributed by atoms with Crippen LogP contribution in [0.15, 0.2) is 29.3 Å². The molecule has 1 aromatic rings. The van der Waals surface area contributed by atoms with Crippen molar-refractivity contribution >= 4 is 11.9 Å². The first-order valence-corrected chi connectivity index (χ1v) is 4.87. The van der Waals surface area contributed by atoms with E-state index in [1.807, 2.05) is 6.07 Å². The quantitative estimate of drug-likeness (QED) is 0.791. The fraction of sp³-hybridized carbons (Fsp3) is 0.273. The number of aromatic hydroxyl groups is 1. The van der Waals surface area contributed by atoms with Gasteiger partial charge >= 0.3 is 5.97 Å². The van der Waals surface area contributed by atoms with Crippen molar-refractivity contribution in [3.05, 3.63) is 29.8 Å². The summed E-state index contributed by atoms with van der Waals surface area (Å²) in [6.45, 7) is 0.246. The van der Waals surface area contributed by atoms with Crippen molar-refractivity contribution in [1.29, 1.82) is 0 Å². The molecule has 16 heavy (non-hydrogen) atoms. The number of carboxylic acid groups (broad SMARTS) is 1. The average Bonchev–Trinajstić information content (AvgIpc) is 2.70. The lowest BCUT2D eigenvalue weighted by Crippen LogP contribution is -2.12. The minimum Gasteiger partial charge on any atom is -0.508 e. The van der Waals surface area contributed by atoms with Crippen molar-refractivity contribution in [3.63, 3.8) is 0 Å². The number of ether oxygens (including phenoxy) is 1. The van der Waals surface area contributed by atoms with E-state index in [1.165, 1.54) is 0 Å². The van der Waals surface area contributed by atoms with E-state index >= 15 is 0 Å². The summed E-state index contributed by atoms with van der Waals surface area (Å²) < 4.78 is 4.91. The van der Waals surface area contributed by atoms with Crippen LogP contribution in [0.5, 0.6) is 5.75 Å². The van der Waals surface area contributed by atoms with Crippen LogP contribution in [0.3, 0.4) is 0 Å². The third kappa shape index (κ3) is 2.13. The number of hydrogen-bond donors (Lipinski definition) is 2. The second-order valence-electron chi connectivity index (χ2n) is 3.54. The van der Waals surface area contributed by atoms with E-state index in [4.69, 9.17) is 9.84 Å². The Balaban J connectivity index is 2.08. The fourth-order valence-corrected chi connectivity index (χ4v) is 1.57. The molecule has 0 radical (unpaired) electrons. The summed E-state index contributed by atoms with van der Waals surface area (Å²) in [7, 11) is 0. The number of aliphatic imine (C=N–C) groups is 1. The van der Waals surface area contributed by atoms with Crippen LogP contribution in [0, 0.1) is 0 Å². The Morgan fingerprint density at radius 2 is 2.25 bits per heavy atom. The summed E-state index contributed by atoms with van der Waals surface area (Å²) in [5, 5.41) is 18.2. The molecule has 2 rings (SSSR count). The first kappa shape index (κ1) is 10.5. The minimum absolute atomic E-state index is 0.196. The molecule has 0 saturated carbocycles. The van der Waals surface area contributed by atoms with Gasteiger partial charge in [0.1, 0.15) is 12.4 Å². The maximum absolute atomic E-state index is 10.6. The largest absolute Gasteiger partial charge is 0.508 e. The monoisotopic (exact) mass is 221 g/mol. The lowest BCUT2D eigenvalue weighted by Gasteiger charge is -2.06. The molecule has 5 nitrogen and oxygen atoms in total. The van der Waals surface area contributed by atoms with Crippen LogP contribution in [-0.2, 0) is 16.0 Å². The molecule has 1 unspecified atom stereocenters. The number of benzene rings is 1. The third-order valence-electron chi connectivity index (χ3n) is 2.34. The molecule has 84 valence electrons. The molecule has 0 spiro atoms. The van der Waals surface area contributed by atoms with E-state index in [9.17, 15) is 9.90 Å². The molecule has 2 N–H and O–H groups in total. The van der Waals surface area contributed by atoms with Gasteiger partial charge in [-0.05, 0) is 11.6 Å². The Morgan fingerprint density at radius 3 is 2.88 bits per heavy atom. The lowest BCUT2D eigenvalue weighted by atomic mass is 10.1. The summed E-state index contributed by atoms with van der Waals surface area (Å²) in [5.74, 6) is -1.21. The maximum atomic E-state index is 10.6. The van der Waals surface area contributed by atoms with Crippen molar-refractivity contribution in [2.24, 2.45) is 4.99 Å². The summed E-state index contributed by atoms with van der Waals surface area (Å²) in [6.07, 6.45) is 0.476. The number of nitrogens with zero attached hydrogens (tertiary/aromatic N) is 1. The number of carbonyl (C=O) groups is 1. The predicted octanol–water partition coefficient (Wildman–Crippen LogP) is 0.817. The molecule has 1 aliphatic heterocycles. The topological polar surface area (TPSA) is 79.1 Å². The van der Waals surface area contributed by atoms with Crippen molar-refractivity contribution in [2.75, 3.05) is 6.61 Å². The van der Waals surface area contributed by atoms with Crippen molar-refractivity contribution in [3.8, 4) is 5.75 Å². The standard InChI is InChI=1S/C11H11NO4/c13-9-4-2-1-3-7(9)5-8-6-16-10(12-8)11(14)15/h1-4,8,13H,5-6H2,(H,14,15). The van der Waals surface area contributed by atoms with E-state index < -0.39 is 5.97 Å². The summed E-state index contributed by atoms with van der Waals surface area (Å²) in [4.78, 5) is 14.5. The normalized spacial score (nSPS) is 19.0. The molecule has 0 fully saturated rings. The zero-order valence-corrected chi connectivity index (χ0v) is 8.46. The highest BCUT2D eigenvalue weighted by Crippen LogP contribution is 2.20. The van der Waals surface area contributed by atoms with E-state index in [0.29, 0.717) is 6.42 Å². The van der Waals surface area contributed by atoms with Gasteiger partial charge in [0.25, 0.3) is 5.90 Å². The van der Waals surface area contributed by atoms with Gasteiger partial charge in [-0.25, -0.2) is 9.79 Å². The maximum Gasteiger partial charge on any atom is 0.391 e. The van der Waals surface area contributed by atoms with Crippen LogP contribution in [0.25, 0.3) is 0 Å². The van der Waals surface area contributed by atoms with Crippen LogP contribution in [0.1, 0.15) is 5.56 Å². The van der Waals surface area contributed by atoms with E-state index in [-0.39, 0.29) is 24.3 Å². The number of phenolic OH excluding ortho intramolecular Hbond substituents is 1. The molecule has 1 atom stereocenters. The molecule has 0 saturated heterocycles. The summed E-state index contributed by atoms with van der Waals surface area (Å²) in [5.41, 5.74) is 0.742. The van der Waals surface area contributed by atoms with Gasteiger partial charge in [-0.3, -0.25) is 0 Å². The van der Waals surface area contributed by atoms with Crippen LogP contribution in [0.4, 0.5) is 0 Å². The first-order chi connectivity index (χ1) is 7.66. The Labute approximate surface area is 92.0 Å². The minimum atomic E-state index is -1.15. The second-order valence-corrected chi connectivity index (χ2v) is 3.54. The Bertz CT molecular complexity index is 441. The van der Waals surface area contributed by atoms with E-state index in [1.54, 1.807) is 18.2 Å². The summed E-state index contributed by atoms with van der Waals surface area (Å²) in [6, 6.07) is 6.68. The predicted molar refractivity (Wildman–Crippen MR) is 56.6 cm³/mol. The number of para-hydroxylation sites is 1. The highest BCUT2D eigenvalue weighted by Gasteiger charge is 2.24. The Morgan fingerprint density at radius 1 is 1.50 bits per heavy atom. The third-order valence-corrected chi connectivity index (χ3v) is 2.34. The van der Waals surface area contributed by atoms with Crippen LogP contribution in [-0.4, -0.2) is 34.7 Å². The number of phenols is 1. The fourth-order valence-electron chi connectivity index (χ4n) is 1.57. The van der Waals surface area contributed by atoms with Gasteiger partial charge in [0.2, 0.25) is 0 Å². The van der Waals surface area contributed by atoms with Gasteiger partial charge in [0, 0.05) is 6.42 Å². The number of hydrogen-bond acceptors (Lipinski definition) is 4. The second kappa shape index (κ2) is 4.22. The van der Waals surface area contributed by atoms with Gasteiger partial charge in [-0.2, -0.15) is 0 Å². The van der Waals surface area contributed by atoms with Crippen LogP contribution >= 0.6 is 0 Å². The highest BCUT2D eigenvalue weighted by molar-refractivity contribution is 6.32. The zero-order chi connectivity index (χ0) is 11.5. The summed E-state index contributed by atoms with van der Waals surface area (Å²) >= 11 is 0. The molecule has 5 heteroatoms. The molecule has 1 aromatic carbocycles. The molecular formula is C11H11NO4. The molecule has 1 aliphatic rings. The van der Waals surface area contributed by atoms with E-state index in [2.05, 4.69) is 4.99 Å². The van der Waals surface area contributed by atoms with Gasteiger partial charge < -0.3 is 14.9 Å². The molecule has 0 aliphatic carbocycles. The van der Waals surface area contributed by atoms with Crippen molar-refractivity contribution < 1.29 is 19.7 Å². The SMILES string of the molecule is O=C(O)C1=NC(Cc2ccccc2O)CO1. The lowest BCUT2D eigenvalue weighted by molar-refractivity contribution is -0.130. The molecular weight excluding hydrogens is 210 g/mol. The van der Waals surface area contributed by atoms with Crippen LogP contribution < -0.4 is 0 Å². The smallest absolute Gasteiger partial charge is 0.391 e. The molecule has 0 bridgehead atoms. The molecule has 0 amide bonds. The van der Waals surface area contributed by atoms with Crippen molar-refractivity contribution in [2.45, 2.75) is 12.5 Å². The number of aliphatic carboxylic acids is 1. The zero-order valence-electron chi connectivity index (χ0n) is 8.46. The Hall–Kier alpha value is -2.04. The van der Waals surface area contributed by atoms with Gasteiger partial charge in [-0.15, -0.1) is 0 Å². The number of rotatable bonds is 3. The Kier molecular flexibility index (Phi) is 2.76. The van der Waals surface area contributed by atoms with Crippen molar-refractivity contribution in [1.82, 2.24) is 0 Å². The number of carboxylic acids is 1. The van der Waals surface area contributed by atoms with Gasteiger partial charge in [0.15, 0.2) is 0 Å². The van der Waals surface area contributed by atoms with Gasteiger partial charge in [-0.1, -0.05) is 18.2 Å². The highest BCUT2D eigenvalue weighted by atomic mass is 16.5. The average molecular weight is 221 g/mol. The first-order valence-electron chi connectivity index (χ1n) is 4.87. The van der Waals surface area contributed by atoms with Gasteiger partial charge in [0.05, 0.1) is 6.04 Å². The van der Waals surface area contributed by atoms with Crippen LogP contribution in [0.2, 0.25) is 0 Å². The molecule has 1 heterocycles. The van der Waals surface area contributed by atoms with E-state index in [0.717, 1.165) is 5.56 Å².